The van der Waals surface area contributed by atoms with Gasteiger partial charge in [-0.15, -0.1) is 0 Å². The summed E-state index contributed by atoms with van der Waals surface area (Å²) in [4.78, 5) is 28.7. The molecule has 0 bridgehead atoms. The first kappa shape index (κ1) is 17.7. The molecule has 0 spiro atoms. The van der Waals surface area contributed by atoms with Crippen LogP contribution in [0.4, 0.5) is 0 Å². The topological polar surface area (TPSA) is 70.5 Å². The van der Waals surface area contributed by atoms with E-state index < -0.39 is 0 Å². The molecule has 1 unspecified atom stereocenters. The zero-order valence-electron chi connectivity index (χ0n) is 15.6. The first-order valence-corrected chi connectivity index (χ1v) is 9.51. The summed E-state index contributed by atoms with van der Waals surface area (Å²) in [5, 5.41) is 7.39. The van der Waals surface area contributed by atoms with Gasteiger partial charge >= 0.3 is 0 Å². The number of benzene rings is 1. The van der Waals surface area contributed by atoms with E-state index in [1.807, 2.05) is 23.7 Å². The molecule has 2 aromatic rings. The molecule has 2 aliphatic heterocycles. The van der Waals surface area contributed by atoms with Crippen LogP contribution in [0.5, 0.6) is 0 Å². The van der Waals surface area contributed by atoms with Gasteiger partial charge in [0.05, 0.1) is 12.2 Å². The summed E-state index contributed by atoms with van der Waals surface area (Å²) in [6.07, 6.45) is 0.342. The van der Waals surface area contributed by atoms with Gasteiger partial charge in [-0.2, -0.15) is 5.10 Å². The number of amides is 2. The minimum atomic E-state index is -0.0875. The van der Waals surface area contributed by atoms with Crippen LogP contribution >= 0.6 is 0 Å². The molecule has 7 heteroatoms. The minimum absolute atomic E-state index is 0.00200. The number of nitrogens with one attached hydrogen (secondary N) is 1. The second-order valence-corrected chi connectivity index (χ2v) is 7.34. The zero-order chi connectivity index (χ0) is 18.8. The maximum Gasteiger partial charge on any atom is 0.274 e. The summed E-state index contributed by atoms with van der Waals surface area (Å²) in [5.74, 6) is -0.0895. The lowest BCUT2D eigenvalue weighted by Gasteiger charge is -2.27. The number of rotatable bonds is 3. The van der Waals surface area contributed by atoms with Crippen molar-refractivity contribution in [3.05, 3.63) is 53.3 Å². The predicted octanol–water partition coefficient (Wildman–Crippen LogP) is 1.25. The fourth-order valence-corrected chi connectivity index (χ4v) is 3.75. The van der Waals surface area contributed by atoms with Gasteiger partial charge in [-0.1, -0.05) is 30.3 Å². The fraction of sp³-hybridized carbons (Fsp3) is 0.450. The van der Waals surface area contributed by atoms with Gasteiger partial charge in [-0.25, -0.2) is 0 Å². The lowest BCUT2D eigenvalue weighted by Crippen LogP contribution is -2.42. The molecule has 142 valence electrons. The Morgan fingerprint density at radius 3 is 2.85 bits per heavy atom. The van der Waals surface area contributed by atoms with E-state index in [2.05, 4.69) is 39.6 Å². The van der Waals surface area contributed by atoms with Crippen molar-refractivity contribution >= 4 is 11.8 Å². The van der Waals surface area contributed by atoms with Gasteiger partial charge in [0.15, 0.2) is 5.69 Å². The molecule has 0 radical (unpaired) electrons. The van der Waals surface area contributed by atoms with Crippen LogP contribution in [0.3, 0.4) is 0 Å². The van der Waals surface area contributed by atoms with E-state index in [4.69, 9.17) is 0 Å². The molecule has 7 nitrogen and oxygen atoms in total. The molecule has 2 amide bonds. The molecule has 1 N–H and O–H groups in total. The first-order chi connectivity index (χ1) is 13.1. The Balaban J connectivity index is 1.46. The van der Waals surface area contributed by atoms with Crippen LogP contribution in [-0.2, 0) is 24.4 Å². The predicted molar refractivity (Wildman–Crippen MR) is 101 cm³/mol. The van der Waals surface area contributed by atoms with Crippen LogP contribution < -0.4 is 5.32 Å². The number of hydrogen-bond acceptors (Lipinski definition) is 4. The third-order valence-electron chi connectivity index (χ3n) is 5.31. The molecule has 1 saturated heterocycles. The largest absolute Gasteiger partial charge is 0.354 e. The third-order valence-corrected chi connectivity index (χ3v) is 5.31. The number of carbonyl (C=O) groups excluding carboxylic acids is 2. The van der Waals surface area contributed by atoms with Gasteiger partial charge in [-0.3, -0.25) is 19.2 Å². The van der Waals surface area contributed by atoms with Crippen molar-refractivity contribution in [1.82, 2.24) is 24.9 Å². The lowest BCUT2D eigenvalue weighted by molar-refractivity contribution is -0.120. The van der Waals surface area contributed by atoms with Crippen molar-refractivity contribution in [1.29, 1.82) is 0 Å². The van der Waals surface area contributed by atoms with Gasteiger partial charge in [-0.05, 0) is 18.6 Å². The quantitative estimate of drug-likeness (QED) is 0.886. The van der Waals surface area contributed by atoms with Crippen molar-refractivity contribution in [2.24, 2.45) is 0 Å². The van der Waals surface area contributed by atoms with Crippen LogP contribution in [0.1, 0.15) is 35.1 Å². The van der Waals surface area contributed by atoms with Crippen molar-refractivity contribution < 1.29 is 9.59 Å². The van der Waals surface area contributed by atoms with E-state index in [0.717, 1.165) is 31.9 Å². The highest BCUT2D eigenvalue weighted by Crippen LogP contribution is 2.18. The molecule has 3 heterocycles. The molecule has 4 rings (SSSR count). The number of nitrogens with zero attached hydrogens (tertiary/aromatic N) is 4. The maximum absolute atomic E-state index is 13.0. The summed E-state index contributed by atoms with van der Waals surface area (Å²) in [7, 11) is 0. The summed E-state index contributed by atoms with van der Waals surface area (Å²) >= 11 is 0. The van der Waals surface area contributed by atoms with E-state index in [1.165, 1.54) is 5.56 Å². The van der Waals surface area contributed by atoms with Gasteiger partial charge in [0.25, 0.3) is 5.91 Å². The van der Waals surface area contributed by atoms with Crippen molar-refractivity contribution in [3.63, 3.8) is 0 Å². The highest BCUT2D eigenvalue weighted by Gasteiger charge is 2.28. The Kier molecular flexibility index (Phi) is 4.94. The molecule has 0 aliphatic carbocycles. The van der Waals surface area contributed by atoms with E-state index in [0.29, 0.717) is 25.2 Å². The van der Waals surface area contributed by atoms with Crippen molar-refractivity contribution in [3.8, 4) is 0 Å². The summed E-state index contributed by atoms with van der Waals surface area (Å²) in [5.41, 5.74) is 2.84. The van der Waals surface area contributed by atoms with Crippen molar-refractivity contribution in [2.45, 2.75) is 39.0 Å². The number of carbonyl (C=O) groups is 2. The molecule has 1 fully saturated rings. The molecule has 1 aromatic heterocycles. The standard InChI is InChI=1S/C20H25N5O2/c1-15-12-21-19(26)7-8-24(15)20(27)18-11-17-14-23(9-10-25(17)22-18)13-16-5-3-2-4-6-16/h2-6,11,15H,7-10,12-14H2,1H3,(H,21,26). The van der Waals surface area contributed by atoms with E-state index in [-0.39, 0.29) is 17.9 Å². The molecule has 27 heavy (non-hydrogen) atoms. The minimum Gasteiger partial charge on any atom is -0.354 e. The second kappa shape index (κ2) is 7.52. The molecule has 2 aliphatic rings. The van der Waals surface area contributed by atoms with Gasteiger partial charge in [0.1, 0.15) is 0 Å². The maximum atomic E-state index is 13.0. The second-order valence-electron chi connectivity index (χ2n) is 7.34. The Morgan fingerprint density at radius 2 is 2.04 bits per heavy atom. The first-order valence-electron chi connectivity index (χ1n) is 9.51. The Morgan fingerprint density at radius 1 is 1.22 bits per heavy atom. The molecular weight excluding hydrogens is 342 g/mol. The van der Waals surface area contributed by atoms with Crippen LogP contribution in [0.15, 0.2) is 36.4 Å². The highest BCUT2D eigenvalue weighted by molar-refractivity contribution is 5.93. The average Bonchev–Trinajstić information content (AvgIpc) is 3.02. The third kappa shape index (κ3) is 3.88. The monoisotopic (exact) mass is 367 g/mol. The van der Waals surface area contributed by atoms with Crippen molar-refractivity contribution in [2.75, 3.05) is 19.6 Å². The van der Waals surface area contributed by atoms with Crippen LogP contribution in [0.2, 0.25) is 0 Å². The summed E-state index contributed by atoms with van der Waals surface area (Å²) in [6.45, 7) is 6.26. The van der Waals surface area contributed by atoms with E-state index >= 15 is 0 Å². The van der Waals surface area contributed by atoms with Gasteiger partial charge in [0, 0.05) is 45.2 Å². The normalized spacial score (nSPS) is 20.7. The Labute approximate surface area is 158 Å². The molecule has 1 aromatic carbocycles. The molecular formula is C20H25N5O2. The Bertz CT molecular complexity index is 832. The highest BCUT2D eigenvalue weighted by atomic mass is 16.2. The zero-order valence-corrected chi connectivity index (χ0v) is 15.6. The smallest absolute Gasteiger partial charge is 0.274 e. The summed E-state index contributed by atoms with van der Waals surface area (Å²) < 4.78 is 1.95. The Hall–Kier alpha value is -2.67. The van der Waals surface area contributed by atoms with E-state index in [9.17, 15) is 9.59 Å². The fourth-order valence-electron chi connectivity index (χ4n) is 3.75. The van der Waals surface area contributed by atoms with E-state index in [1.54, 1.807) is 4.90 Å². The van der Waals surface area contributed by atoms with Crippen LogP contribution in [-0.4, -0.2) is 57.1 Å². The van der Waals surface area contributed by atoms with Gasteiger partial charge in [0.2, 0.25) is 5.91 Å². The van der Waals surface area contributed by atoms with Crippen LogP contribution in [0, 0.1) is 0 Å². The number of hydrogen-bond donors (Lipinski definition) is 1. The molecule has 0 saturated carbocycles. The SMILES string of the molecule is CC1CNC(=O)CCN1C(=O)c1cc2n(n1)CCN(Cc1ccccc1)C2. The van der Waals surface area contributed by atoms with Crippen LogP contribution in [0.25, 0.3) is 0 Å². The van der Waals surface area contributed by atoms with Gasteiger partial charge < -0.3 is 10.2 Å². The summed E-state index contributed by atoms with van der Waals surface area (Å²) in [6, 6.07) is 12.3. The molecule has 1 atom stereocenters. The number of fused-ring (bicyclic) bond motifs is 1. The average molecular weight is 367 g/mol. The lowest BCUT2D eigenvalue weighted by atomic mass is 10.2. The number of aromatic nitrogens is 2.